The first-order valence-electron chi connectivity index (χ1n) is 11.1. The van der Waals surface area contributed by atoms with E-state index in [0.29, 0.717) is 38.4 Å². The van der Waals surface area contributed by atoms with E-state index in [0.717, 1.165) is 4.57 Å². The van der Waals surface area contributed by atoms with Crippen LogP contribution in [0.1, 0.15) is 57.8 Å². The lowest BCUT2D eigenvalue weighted by atomic mass is 9.94. The van der Waals surface area contributed by atoms with Crippen LogP contribution in [0.5, 0.6) is 0 Å². The van der Waals surface area contributed by atoms with Gasteiger partial charge in [0.25, 0.3) is 5.56 Å². The van der Waals surface area contributed by atoms with E-state index in [9.17, 15) is 19.2 Å². The molecule has 2 heterocycles. The van der Waals surface area contributed by atoms with Crippen LogP contribution in [0.2, 0.25) is 0 Å². The molecule has 1 aliphatic rings. The molecule has 1 aromatic rings. The van der Waals surface area contributed by atoms with Crippen LogP contribution in [0.25, 0.3) is 0 Å². The molecule has 0 bridgehead atoms. The second kappa shape index (κ2) is 10.3. The third-order valence-corrected chi connectivity index (χ3v) is 6.11. The number of piperidine rings is 1. The number of ketones is 1. The number of nitrogens with two attached hydrogens (primary N) is 1. The summed E-state index contributed by atoms with van der Waals surface area (Å²) in [6.45, 7) is 11.5. The lowest BCUT2D eigenvalue weighted by Crippen LogP contribution is -2.47. The highest BCUT2D eigenvalue weighted by molar-refractivity contribution is 6.01. The summed E-state index contributed by atoms with van der Waals surface area (Å²) in [4.78, 5) is 52.4. The largest absolute Gasteiger partial charge is 0.384 e. The Morgan fingerprint density at radius 1 is 1.10 bits per heavy atom. The molecule has 1 saturated heterocycles. The second-order valence-electron chi connectivity index (χ2n) is 9.43. The quantitative estimate of drug-likeness (QED) is 0.584. The molecule has 1 fully saturated rings. The monoisotopic (exact) mass is 435 g/mol. The SMILES string of the molecule is CC(C)Cn1c(N)c(C(=O)CN2CCC(C(=O)NC(C)C(C)C)CC2)c(=O)n(C)c1=O. The zero-order chi connectivity index (χ0) is 23.5. The summed E-state index contributed by atoms with van der Waals surface area (Å²) in [5.41, 5.74) is 4.79. The molecule has 1 aromatic heterocycles. The summed E-state index contributed by atoms with van der Waals surface area (Å²) < 4.78 is 2.24. The number of amides is 1. The first kappa shape index (κ1) is 24.8. The van der Waals surface area contributed by atoms with E-state index in [4.69, 9.17) is 5.73 Å². The average molecular weight is 436 g/mol. The Balaban J connectivity index is 2.09. The van der Waals surface area contributed by atoms with Crippen LogP contribution in [0.15, 0.2) is 9.59 Å². The number of aromatic nitrogens is 2. The molecule has 9 nitrogen and oxygen atoms in total. The van der Waals surface area contributed by atoms with E-state index in [1.165, 1.54) is 11.6 Å². The van der Waals surface area contributed by atoms with Crippen molar-refractivity contribution < 1.29 is 9.59 Å². The van der Waals surface area contributed by atoms with Gasteiger partial charge >= 0.3 is 5.69 Å². The maximum Gasteiger partial charge on any atom is 0.332 e. The van der Waals surface area contributed by atoms with E-state index in [1.54, 1.807) is 0 Å². The molecule has 9 heteroatoms. The van der Waals surface area contributed by atoms with Crippen LogP contribution in [0.4, 0.5) is 5.82 Å². The molecular weight excluding hydrogens is 398 g/mol. The number of hydrogen-bond donors (Lipinski definition) is 2. The number of nitrogens with zero attached hydrogens (tertiary/aromatic N) is 3. The van der Waals surface area contributed by atoms with E-state index in [1.807, 2.05) is 25.7 Å². The molecule has 2 rings (SSSR count). The Kier molecular flexibility index (Phi) is 8.22. The van der Waals surface area contributed by atoms with E-state index in [2.05, 4.69) is 19.2 Å². The Hall–Kier alpha value is -2.42. The second-order valence-corrected chi connectivity index (χ2v) is 9.43. The van der Waals surface area contributed by atoms with Gasteiger partial charge < -0.3 is 11.1 Å². The van der Waals surface area contributed by atoms with Crippen molar-refractivity contribution in [3.05, 3.63) is 26.4 Å². The van der Waals surface area contributed by atoms with Gasteiger partial charge in [0.2, 0.25) is 5.91 Å². The zero-order valence-corrected chi connectivity index (χ0v) is 19.6. The predicted molar refractivity (Wildman–Crippen MR) is 121 cm³/mol. The highest BCUT2D eigenvalue weighted by atomic mass is 16.2. The topological polar surface area (TPSA) is 119 Å². The van der Waals surface area contributed by atoms with Crippen molar-refractivity contribution in [2.45, 2.75) is 60.0 Å². The molecule has 0 saturated carbocycles. The molecule has 174 valence electrons. The fourth-order valence-electron chi connectivity index (χ4n) is 3.73. The Bertz CT molecular complexity index is 923. The van der Waals surface area contributed by atoms with Gasteiger partial charge in [-0.1, -0.05) is 27.7 Å². The molecule has 0 radical (unpaired) electrons. The third-order valence-electron chi connectivity index (χ3n) is 6.11. The van der Waals surface area contributed by atoms with E-state index >= 15 is 0 Å². The fourth-order valence-corrected chi connectivity index (χ4v) is 3.73. The molecule has 0 aromatic carbocycles. The Labute approximate surface area is 183 Å². The van der Waals surface area contributed by atoms with Crippen molar-refractivity contribution in [3.63, 3.8) is 0 Å². The van der Waals surface area contributed by atoms with Gasteiger partial charge in [0, 0.05) is 25.6 Å². The zero-order valence-electron chi connectivity index (χ0n) is 19.6. The molecule has 1 aliphatic heterocycles. The van der Waals surface area contributed by atoms with E-state index in [-0.39, 0.29) is 41.7 Å². The van der Waals surface area contributed by atoms with E-state index < -0.39 is 17.0 Å². The van der Waals surface area contributed by atoms with Crippen LogP contribution in [0.3, 0.4) is 0 Å². The number of likely N-dealkylation sites (tertiary alicyclic amines) is 1. The van der Waals surface area contributed by atoms with Crippen molar-refractivity contribution >= 4 is 17.5 Å². The highest BCUT2D eigenvalue weighted by Gasteiger charge is 2.29. The predicted octanol–water partition coefficient (Wildman–Crippen LogP) is 0.841. The number of hydrogen-bond acceptors (Lipinski definition) is 6. The van der Waals surface area contributed by atoms with Gasteiger partial charge in [-0.15, -0.1) is 0 Å². The smallest absolute Gasteiger partial charge is 0.332 e. The molecule has 0 spiro atoms. The Morgan fingerprint density at radius 3 is 2.19 bits per heavy atom. The molecular formula is C22H37N5O4. The van der Waals surface area contributed by atoms with Gasteiger partial charge in [0.05, 0.1) is 6.54 Å². The van der Waals surface area contributed by atoms with Crippen LogP contribution >= 0.6 is 0 Å². The number of nitrogen functional groups attached to an aromatic ring is 1. The summed E-state index contributed by atoms with van der Waals surface area (Å²) in [6, 6.07) is 0.118. The first-order chi connectivity index (χ1) is 14.4. The fraction of sp³-hybridized carbons (Fsp3) is 0.727. The molecule has 3 N–H and O–H groups in total. The lowest BCUT2D eigenvalue weighted by Gasteiger charge is -2.31. The van der Waals surface area contributed by atoms with Gasteiger partial charge in [-0.25, -0.2) is 4.79 Å². The van der Waals surface area contributed by atoms with Crippen molar-refractivity contribution in [1.82, 2.24) is 19.4 Å². The van der Waals surface area contributed by atoms with Crippen molar-refractivity contribution in [1.29, 1.82) is 0 Å². The summed E-state index contributed by atoms with van der Waals surface area (Å²) >= 11 is 0. The normalized spacial score (nSPS) is 16.6. The summed E-state index contributed by atoms with van der Waals surface area (Å²) in [5.74, 6) is 0.0258. The molecule has 0 aliphatic carbocycles. The minimum absolute atomic E-state index is 0.0378. The molecule has 1 atom stereocenters. The van der Waals surface area contributed by atoms with Gasteiger partial charge in [-0.2, -0.15) is 0 Å². The summed E-state index contributed by atoms with van der Waals surface area (Å²) in [6.07, 6.45) is 1.31. The number of Topliss-reactive ketones (excluding diaryl/α,β-unsaturated/α-hetero) is 1. The number of nitrogens with one attached hydrogen (secondary N) is 1. The summed E-state index contributed by atoms with van der Waals surface area (Å²) in [7, 11) is 1.36. The van der Waals surface area contributed by atoms with Crippen LogP contribution in [-0.2, 0) is 18.4 Å². The number of carbonyl (C=O) groups is 2. The van der Waals surface area contributed by atoms with Gasteiger partial charge in [-0.3, -0.25) is 28.4 Å². The molecule has 1 unspecified atom stereocenters. The third kappa shape index (κ3) is 5.84. The number of anilines is 1. The Morgan fingerprint density at radius 2 is 1.68 bits per heavy atom. The van der Waals surface area contributed by atoms with Crippen molar-refractivity contribution in [3.8, 4) is 0 Å². The standard InChI is InChI=1S/C22H37N5O4/c1-13(2)11-27-19(23)18(21(30)25(6)22(27)31)17(28)12-26-9-7-16(8-10-26)20(29)24-15(5)14(3)4/h13-16H,7-12,23H2,1-6H3,(H,24,29). The summed E-state index contributed by atoms with van der Waals surface area (Å²) in [5, 5.41) is 3.06. The lowest BCUT2D eigenvalue weighted by molar-refractivity contribution is -0.127. The highest BCUT2D eigenvalue weighted by Crippen LogP contribution is 2.19. The van der Waals surface area contributed by atoms with Gasteiger partial charge in [-0.05, 0) is 44.7 Å². The minimum atomic E-state index is -0.663. The maximum atomic E-state index is 13.0. The van der Waals surface area contributed by atoms with Gasteiger partial charge in [0.1, 0.15) is 11.4 Å². The number of carbonyl (C=O) groups excluding carboxylic acids is 2. The average Bonchev–Trinajstić information content (AvgIpc) is 2.70. The van der Waals surface area contributed by atoms with Gasteiger partial charge in [0.15, 0.2) is 5.78 Å². The molecule has 31 heavy (non-hydrogen) atoms. The van der Waals surface area contributed by atoms with Crippen LogP contribution in [0, 0.1) is 17.8 Å². The first-order valence-corrected chi connectivity index (χ1v) is 11.1. The van der Waals surface area contributed by atoms with Crippen LogP contribution in [-0.4, -0.2) is 51.4 Å². The van der Waals surface area contributed by atoms with Crippen molar-refractivity contribution in [2.24, 2.45) is 24.8 Å². The minimum Gasteiger partial charge on any atom is -0.384 e. The molecule has 1 amide bonds. The van der Waals surface area contributed by atoms with Crippen molar-refractivity contribution in [2.75, 3.05) is 25.4 Å². The van der Waals surface area contributed by atoms with Crippen LogP contribution < -0.4 is 22.3 Å². The maximum absolute atomic E-state index is 13.0. The number of rotatable bonds is 8.